The molecule has 0 heteroatoms. The van der Waals surface area contributed by atoms with E-state index < -0.39 is 0 Å². The molecule has 0 N–H and O–H groups in total. The summed E-state index contributed by atoms with van der Waals surface area (Å²) in [6.07, 6.45) is 5.46. The highest BCUT2D eigenvalue weighted by Gasteiger charge is 1.88. The fourth-order valence-corrected chi connectivity index (χ4v) is 1.02. The highest BCUT2D eigenvalue weighted by Crippen LogP contribution is 2.08. The maximum atomic E-state index is 2.18. The van der Waals surface area contributed by atoms with E-state index in [9.17, 15) is 0 Å². The summed E-state index contributed by atoms with van der Waals surface area (Å²) in [5.74, 6) is 0. The van der Waals surface area contributed by atoms with Gasteiger partial charge in [0.2, 0.25) is 0 Å². The molecule has 13 heavy (non-hydrogen) atoms. The predicted molar refractivity (Wildman–Crippen MR) is 61.9 cm³/mol. The first kappa shape index (κ1) is 12.0. The maximum absolute atomic E-state index is 2.18. The Morgan fingerprint density at radius 2 is 1.77 bits per heavy atom. The van der Waals surface area contributed by atoms with E-state index in [-0.39, 0.29) is 0 Å². The van der Waals surface area contributed by atoms with Gasteiger partial charge in [-0.15, -0.1) is 0 Å². The molecule has 0 fully saturated rings. The first-order valence-electron chi connectivity index (χ1n) is 5.06. The van der Waals surface area contributed by atoms with Gasteiger partial charge < -0.3 is 0 Å². The van der Waals surface area contributed by atoms with Gasteiger partial charge in [0.25, 0.3) is 0 Å². The Kier molecular flexibility index (Phi) is 6.99. The fraction of sp³-hybridized carbons (Fsp3) is 0.385. The van der Waals surface area contributed by atoms with Crippen LogP contribution in [0.5, 0.6) is 0 Å². The second-order valence-corrected chi connectivity index (χ2v) is 2.67. The van der Waals surface area contributed by atoms with Crippen LogP contribution < -0.4 is 0 Å². The average Bonchev–Trinajstić information content (AvgIpc) is 2.20. The molecule has 72 valence electrons. The lowest BCUT2D eigenvalue weighted by molar-refractivity contribution is 1.23. The number of rotatable bonds is 2. The molecule has 0 aliphatic rings. The largest absolute Gasteiger partial charge is 0.0842 e. The molecule has 0 heterocycles. The summed E-state index contributed by atoms with van der Waals surface area (Å²) in [7, 11) is 0. The van der Waals surface area contributed by atoms with Crippen molar-refractivity contribution in [3.05, 3.63) is 41.5 Å². The van der Waals surface area contributed by atoms with Gasteiger partial charge in [0.1, 0.15) is 0 Å². The first-order valence-corrected chi connectivity index (χ1v) is 5.06. The predicted octanol–water partition coefficient (Wildman–Crippen LogP) is 4.44. The van der Waals surface area contributed by atoms with Gasteiger partial charge in [0.15, 0.2) is 0 Å². The van der Waals surface area contributed by atoms with E-state index in [1.54, 1.807) is 0 Å². The summed E-state index contributed by atoms with van der Waals surface area (Å²) in [4.78, 5) is 0. The Morgan fingerprint density at radius 3 is 2.31 bits per heavy atom. The molecule has 1 aromatic rings. The van der Waals surface area contributed by atoms with E-state index in [2.05, 4.69) is 50.3 Å². The number of hydrogen-bond donors (Lipinski definition) is 0. The van der Waals surface area contributed by atoms with Gasteiger partial charge in [-0.3, -0.25) is 0 Å². The minimum absolute atomic E-state index is 1.11. The minimum atomic E-state index is 1.11. The maximum Gasteiger partial charge on any atom is -0.0231 e. The summed E-state index contributed by atoms with van der Waals surface area (Å²) in [5, 5.41) is 0. The molecular weight excluding hydrogens is 156 g/mol. The Hall–Kier alpha value is -1.04. The summed E-state index contributed by atoms with van der Waals surface area (Å²) in [6.45, 7) is 8.28. The Balaban J connectivity index is 0.000000671. The lowest BCUT2D eigenvalue weighted by Crippen LogP contribution is -1.76. The van der Waals surface area contributed by atoms with Crippen molar-refractivity contribution < 1.29 is 0 Å². The van der Waals surface area contributed by atoms with Crippen molar-refractivity contribution in [2.75, 3.05) is 0 Å². The normalized spacial score (nSPS) is 9.54. The van der Waals surface area contributed by atoms with Crippen LogP contribution in [0.25, 0.3) is 6.08 Å². The fourth-order valence-electron chi connectivity index (χ4n) is 1.02. The summed E-state index contributed by atoms with van der Waals surface area (Å²) in [6, 6.07) is 8.41. The summed E-state index contributed by atoms with van der Waals surface area (Å²) < 4.78 is 0. The van der Waals surface area contributed by atoms with Gasteiger partial charge >= 0.3 is 0 Å². The van der Waals surface area contributed by atoms with E-state index in [4.69, 9.17) is 0 Å². The molecule has 0 radical (unpaired) electrons. The first-order chi connectivity index (χ1) is 6.34. The molecule has 1 aromatic carbocycles. The van der Waals surface area contributed by atoms with E-state index in [1.807, 2.05) is 13.8 Å². The van der Waals surface area contributed by atoms with Crippen LogP contribution in [0.2, 0.25) is 0 Å². The third kappa shape index (κ3) is 4.51. The molecule has 0 bridgehead atoms. The number of benzene rings is 1. The van der Waals surface area contributed by atoms with Crippen LogP contribution in [0.1, 0.15) is 38.3 Å². The zero-order valence-electron chi connectivity index (χ0n) is 9.17. The van der Waals surface area contributed by atoms with Crippen LogP contribution in [-0.4, -0.2) is 0 Å². The minimum Gasteiger partial charge on any atom is -0.0842 e. The SMILES string of the molecule is CC.CC/C=C/c1ccccc1C. The lowest BCUT2D eigenvalue weighted by atomic mass is 10.1. The van der Waals surface area contributed by atoms with Crippen molar-refractivity contribution in [3.63, 3.8) is 0 Å². The molecule has 1 rings (SSSR count). The summed E-state index contributed by atoms with van der Waals surface area (Å²) in [5.41, 5.74) is 2.67. The van der Waals surface area contributed by atoms with Crippen LogP contribution in [0, 0.1) is 6.92 Å². The molecular formula is C13H20. The molecule has 0 aromatic heterocycles. The van der Waals surface area contributed by atoms with Crippen molar-refractivity contribution in [2.45, 2.75) is 34.1 Å². The highest BCUT2D eigenvalue weighted by atomic mass is 13.9. The molecule has 0 amide bonds. The van der Waals surface area contributed by atoms with Crippen molar-refractivity contribution in [1.29, 1.82) is 0 Å². The smallest absolute Gasteiger partial charge is 0.0231 e. The molecule has 0 atom stereocenters. The Bertz CT molecular complexity index is 246. The van der Waals surface area contributed by atoms with Crippen molar-refractivity contribution >= 4 is 6.08 Å². The quantitative estimate of drug-likeness (QED) is 0.624. The number of allylic oxidation sites excluding steroid dienone is 1. The van der Waals surface area contributed by atoms with Gasteiger partial charge in [0, 0.05) is 0 Å². The zero-order valence-corrected chi connectivity index (χ0v) is 9.17. The van der Waals surface area contributed by atoms with Gasteiger partial charge in [0.05, 0.1) is 0 Å². The molecule has 0 aliphatic heterocycles. The Morgan fingerprint density at radius 1 is 1.15 bits per heavy atom. The lowest BCUT2D eigenvalue weighted by Gasteiger charge is -1.96. The molecule has 0 spiro atoms. The van der Waals surface area contributed by atoms with E-state index in [1.165, 1.54) is 11.1 Å². The van der Waals surface area contributed by atoms with Crippen molar-refractivity contribution in [2.24, 2.45) is 0 Å². The van der Waals surface area contributed by atoms with Crippen LogP contribution in [0.4, 0.5) is 0 Å². The molecule has 0 saturated heterocycles. The zero-order chi connectivity index (χ0) is 10.1. The second-order valence-electron chi connectivity index (χ2n) is 2.67. The molecule has 0 nitrogen and oxygen atoms in total. The summed E-state index contributed by atoms with van der Waals surface area (Å²) >= 11 is 0. The van der Waals surface area contributed by atoms with Gasteiger partial charge in [-0.2, -0.15) is 0 Å². The van der Waals surface area contributed by atoms with Crippen LogP contribution in [0.15, 0.2) is 30.3 Å². The van der Waals surface area contributed by atoms with Crippen LogP contribution in [-0.2, 0) is 0 Å². The highest BCUT2D eigenvalue weighted by molar-refractivity contribution is 5.52. The second kappa shape index (κ2) is 7.60. The molecule has 0 saturated carbocycles. The van der Waals surface area contributed by atoms with Gasteiger partial charge in [-0.1, -0.05) is 57.2 Å². The topological polar surface area (TPSA) is 0 Å². The molecule has 0 aliphatic carbocycles. The van der Waals surface area contributed by atoms with Gasteiger partial charge in [-0.05, 0) is 24.5 Å². The van der Waals surface area contributed by atoms with Crippen molar-refractivity contribution in [1.82, 2.24) is 0 Å². The number of hydrogen-bond acceptors (Lipinski definition) is 0. The standard InChI is InChI=1S/C11H14.C2H6/c1-3-4-8-11-9-6-5-7-10(11)2;1-2/h4-9H,3H2,1-2H3;1-2H3/b8-4+;. The number of aryl methyl sites for hydroxylation is 1. The van der Waals surface area contributed by atoms with Crippen LogP contribution in [0.3, 0.4) is 0 Å². The van der Waals surface area contributed by atoms with E-state index >= 15 is 0 Å². The monoisotopic (exact) mass is 176 g/mol. The van der Waals surface area contributed by atoms with Crippen LogP contribution >= 0.6 is 0 Å². The third-order valence-electron chi connectivity index (χ3n) is 1.72. The molecule has 0 unspecified atom stereocenters. The van der Waals surface area contributed by atoms with E-state index in [0.29, 0.717) is 0 Å². The Labute approximate surface area is 82.3 Å². The van der Waals surface area contributed by atoms with Gasteiger partial charge in [-0.25, -0.2) is 0 Å². The third-order valence-corrected chi connectivity index (χ3v) is 1.72. The van der Waals surface area contributed by atoms with E-state index in [0.717, 1.165) is 6.42 Å². The average molecular weight is 176 g/mol. The van der Waals surface area contributed by atoms with Crippen molar-refractivity contribution in [3.8, 4) is 0 Å².